The Kier molecular flexibility index (Phi) is 8.06. The van der Waals surface area contributed by atoms with Gasteiger partial charge in [-0.1, -0.05) is 0 Å². The summed E-state index contributed by atoms with van der Waals surface area (Å²) in [5.74, 6) is 0. The Hall–Kier alpha value is -1.44. The van der Waals surface area contributed by atoms with Crippen LogP contribution < -0.4 is 24.8 Å². The Labute approximate surface area is 174 Å². The average molecular weight is 415 g/mol. The van der Waals surface area contributed by atoms with Crippen LogP contribution in [-0.2, 0) is 17.4 Å². The van der Waals surface area contributed by atoms with Crippen LogP contribution in [0, 0.1) is 0 Å². The third-order valence-electron chi connectivity index (χ3n) is 4.56. The van der Waals surface area contributed by atoms with Gasteiger partial charge in [-0.25, -0.2) is 0 Å². The van der Waals surface area contributed by atoms with Crippen LogP contribution in [0.15, 0.2) is 105 Å². The maximum Gasteiger partial charge on any atom is -1.00 e. The summed E-state index contributed by atoms with van der Waals surface area (Å²) in [6.45, 7) is 0. The molecule has 0 atom stereocenters. The van der Waals surface area contributed by atoms with E-state index in [-0.39, 0.29) is 24.8 Å². The van der Waals surface area contributed by atoms with E-state index < -0.39 is 17.4 Å². The largest absolute Gasteiger partial charge is 1.00 e. The molecule has 0 unspecified atom stereocenters. The number of halogens is 2. The maximum absolute atomic E-state index is 2.38. The van der Waals surface area contributed by atoms with Crippen LogP contribution in [0.5, 0.6) is 0 Å². The van der Waals surface area contributed by atoms with Crippen LogP contribution in [0.25, 0.3) is 0 Å². The van der Waals surface area contributed by atoms with Gasteiger partial charge in [-0.3, -0.25) is 0 Å². The summed E-state index contributed by atoms with van der Waals surface area (Å²) in [7, 11) is 0. The molecule has 130 valence electrons. The van der Waals surface area contributed by atoms with Crippen LogP contribution in [0.1, 0.15) is 24.0 Å². The quantitative estimate of drug-likeness (QED) is 0.595. The fraction of sp³-hybridized carbons (Fsp3) is 0.0870. The van der Waals surface area contributed by atoms with E-state index in [9.17, 15) is 0 Å². The van der Waals surface area contributed by atoms with E-state index in [0.717, 1.165) is 12.8 Å². The zero-order valence-corrected chi connectivity index (χ0v) is 17.5. The monoisotopic (exact) mass is 414 g/mol. The first kappa shape index (κ1) is 20.9. The molecule has 0 saturated carbocycles. The van der Waals surface area contributed by atoms with E-state index in [1.54, 1.807) is 11.6 Å². The molecule has 3 heteroatoms. The second kappa shape index (κ2) is 10.0. The van der Waals surface area contributed by atoms with Gasteiger partial charge in [0.1, 0.15) is 0 Å². The van der Waals surface area contributed by atoms with Gasteiger partial charge in [0.2, 0.25) is 0 Å². The summed E-state index contributed by atoms with van der Waals surface area (Å²) in [6, 6.07) is 22.0. The van der Waals surface area contributed by atoms with Crippen molar-refractivity contribution in [1.29, 1.82) is 0 Å². The molecule has 2 aromatic carbocycles. The molecule has 2 aliphatic rings. The first-order valence-corrected chi connectivity index (χ1v) is 10.8. The van der Waals surface area contributed by atoms with Crippen molar-refractivity contribution in [2.45, 2.75) is 12.8 Å². The van der Waals surface area contributed by atoms with Gasteiger partial charge in [0.15, 0.2) is 0 Å². The van der Waals surface area contributed by atoms with Gasteiger partial charge >= 0.3 is 150 Å². The predicted molar refractivity (Wildman–Crippen MR) is 99.8 cm³/mol. The van der Waals surface area contributed by atoms with Gasteiger partial charge in [0.25, 0.3) is 0 Å². The minimum atomic E-state index is -1.74. The van der Waals surface area contributed by atoms with Crippen molar-refractivity contribution >= 4 is 3.81 Å². The third-order valence-corrected chi connectivity index (χ3v) is 9.41. The van der Waals surface area contributed by atoms with Gasteiger partial charge in [-0.05, 0) is 0 Å². The molecule has 0 heterocycles. The normalized spacial score (nSPS) is 13.8. The Bertz CT molecular complexity index is 815. The molecule has 0 saturated heterocycles. The average Bonchev–Trinajstić information content (AvgIpc) is 3.35. The predicted octanol–water partition coefficient (Wildman–Crippen LogP) is -0.431. The van der Waals surface area contributed by atoms with Gasteiger partial charge in [-0.2, -0.15) is 0 Å². The molecule has 0 fully saturated rings. The fourth-order valence-electron chi connectivity index (χ4n) is 3.46. The van der Waals surface area contributed by atoms with Crippen LogP contribution >= 0.6 is 0 Å². The van der Waals surface area contributed by atoms with E-state index in [1.807, 2.05) is 0 Å². The SMILES string of the molecule is C1=CC[C]([Ti+2]([C]2=CC=CC2)=[C](c2ccccc2)c2ccccc2)=C1.[Cl-].[Cl-]. The van der Waals surface area contributed by atoms with E-state index in [4.69, 9.17) is 0 Å². The van der Waals surface area contributed by atoms with Crippen molar-refractivity contribution in [3.05, 3.63) is 116 Å². The summed E-state index contributed by atoms with van der Waals surface area (Å²) in [5, 5.41) is 0. The molecule has 0 aromatic heterocycles. The molecule has 26 heavy (non-hydrogen) atoms. The molecule has 0 amide bonds. The van der Waals surface area contributed by atoms with E-state index >= 15 is 0 Å². The van der Waals surface area contributed by atoms with Crippen molar-refractivity contribution < 1.29 is 42.2 Å². The molecule has 2 aliphatic carbocycles. The number of hydrogen-bond acceptors (Lipinski definition) is 0. The third kappa shape index (κ3) is 4.45. The van der Waals surface area contributed by atoms with Crippen molar-refractivity contribution in [1.82, 2.24) is 0 Å². The summed E-state index contributed by atoms with van der Waals surface area (Å²) < 4.78 is 4.90. The zero-order chi connectivity index (χ0) is 16.2. The van der Waals surface area contributed by atoms with Gasteiger partial charge in [0, 0.05) is 0 Å². The molecule has 2 aromatic rings. The van der Waals surface area contributed by atoms with E-state index in [1.165, 1.54) is 11.1 Å². The Balaban J connectivity index is 0.00000121. The second-order valence-electron chi connectivity index (χ2n) is 6.13. The molecular formula is C23H20Cl2Ti. The molecular weight excluding hydrogens is 395 g/mol. The number of rotatable bonds is 4. The number of benzene rings is 2. The topological polar surface area (TPSA) is 0 Å². The minimum Gasteiger partial charge on any atom is -1.00 e. The van der Waals surface area contributed by atoms with Gasteiger partial charge < -0.3 is 24.8 Å². The second-order valence-corrected chi connectivity index (χ2v) is 10.1. The van der Waals surface area contributed by atoms with Crippen molar-refractivity contribution in [3.63, 3.8) is 0 Å². The molecule has 0 spiro atoms. The summed E-state index contributed by atoms with van der Waals surface area (Å²) in [5.41, 5.74) is 2.78. The standard InChI is InChI=1S/C13H10.2C5H5.2ClH.Ti/c1-3-7-12(8-4-1)11-13-9-5-2-6-10-13;2*1-2-4-5-3-1;;;/h1-10H;2*1-3H,4H2;2*1H;/q;;;;;+2/p-2. The van der Waals surface area contributed by atoms with E-state index in [0.29, 0.717) is 0 Å². The van der Waals surface area contributed by atoms with Crippen LogP contribution in [-0.4, -0.2) is 3.81 Å². The molecule has 4 rings (SSSR count). The summed E-state index contributed by atoms with van der Waals surface area (Å²) in [6.07, 6.45) is 16.1. The summed E-state index contributed by atoms with van der Waals surface area (Å²) in [4.78, 5) is 0. The van der Waals surface area contributed by atoms with Crippen molar-refractivity contribution in [2.24, 2.45) is 0 Å². The maximum atomic E-state index is 2.38. The van der Waals surface area contributed by atoms with Crippen LogP contribution in [0.4, 0.5) is 0 Å². The first-order chi connectivity index (χ1) is 11.9. The first-order valence-electron chi connectivity index (χ1n) is 8.51. The van der Waals surface area contributed by atoms with Gasteiger partial charge in [-0.15, -0.1) is 0 Å². The van der Waals surface area contributed by atoms with Crippen molar-refractivity contribution in [3.8, 4) is 0 Å². The molecule has 0 aliphatic heterocycles. The summed E-state index contributed by atoms with van der Waals surface area (Å²) >= 11 is -1.74. The minimum absolute atomic E-state index is 0. The number of allylic oxidation sites excluding steroid dienone is 8. The zero-order valence-electron chi connectivity index (χ0n) is 14.4. The van der Waals surface area contributed by atoms with Crippen molar-refractivity contribution in [2.75, 3.05) is 0 Å². The van der Waals surface area contributed by atoms with E-state index in [2.05, 4.69) is 97.1 Å². The Morgan fingerprint density at radius 3 is 1.38 bits per heavy atom. The van der Waals surface area contributed by atoms with Crippen LogP contribution in [0.2, 0.25) is 0 Å². The van der Waals surface area contributed by atoms with Gasteiger partial charge in [0.05, 0.1) is 0 Å². The molecule has 0 radical (unpaired) electrons. The smallest absolute Gasteiger partial charge is 1.00 e. The molecule has 0 N–H and O–H groups in total. The fourth-order valence-corrected chi connectivity index (χ4v) is 8.35. The molecule has 0 bridgehead atoms. The number of hydrogen-bond donors (Lipinski definition) is 0. The molecule has 0 nitrogen and oxygen atoms in total. The Morgan fingerprint density at radius 1 is 0.615 bits per heavy atom. The Morgan fingerprint density at radius 2 is 1.04 bits per heavy atom. The van der Waals surface area contributed by atoms with Crippen LogP contribution in [0.3, 0.4) is 0 Å².